The number of carbonyl (C=O) groups is 1. The Morgan fingerprint density at radius 3 is 2.46 bits per heavy atom. The maximum atomic E-state index is 13.0. The molecule has 0 saturated heterocycles. The van der Waals surface area contributed by atoms with Crippen molar-refractivity contribution in [1.82, 2.24) is 9.62 Å². The number of halogens is 1. The minimum atomic E-state index is -3.60. The van der Waals surface area contributed by atoms with Gasteiger partial charge in [-0.3, -0.25) is 4.79 Å². The number of nitrogens with zero attached hydrogens (tertiary/aromatic N) is 1. The van der Waals surface area contributed by atoms with Crippen LogP contribution in [0.5, 0.6) is 0 Å². The van der Waals surface area contributed by atoms with Crippen molar-refractivity contribution in [2.75, 3.05) is 13.1 Å². The third-order valence-electron chi connectivity index (χ3n) is 4.43. The Hall–Kier alpha value is -1.93. The largest absolute Gasteiger partial charge is 0.334 e. The third-order valence-corrected chi connectivity index (χ3v) is 5.94. The van der Waals surface area contributed by atoms with E-state index >= 15 is 0 Å². The number of carbonyl (C=O) groups excluding carboxylic acids is 1. The first-order chi connectivity index (χ1) is 13.0. The van der Waals surface area contributed by atoms with Gasteiger partial charge in [-0.1, -0.05) is 36.4 Å². The SMILES string of the molecule is Cl.NCCCN(Cc1ccccc1)C(=O)c1cccc(S(=O)(=O)NC2CC2)c1. The van der Waals surface area contributed by atoms with Crippen molar-refractivity contribution in [3.63, 3.8) is 0 Å². The van der Waals surface area contributed by atoms with Gasteiger partial charge in [-0.05, 0) is 49.6 Å². The van der Waals surface area contributed by atoms with Crippen molar-refractivity contribution >= 4 is 28.3 Å². The van der Waals surface area contributed by atoms with Crippen molar-refractivity contribution in [3.8, 4) is 0 Å². The van der Waals surface area contributed by atoms with Gasteiger partial charge >= 0.3 is 0 Å². The van der Waals surface area contributed by atoms with Crippen molar-refractivity contribution < 1.29 is 13.2 Å². The summed E-state index contributed by atoms with van der Waals surface area (Å²) in [5, 5.41) is 0. The Balaban J connectivity index is 0.00000280. The molecule has 3 rings (SSSR count). The van der Waals surface area contributed by atoms with E-state index in [1.807, 2.05) is 30.3 Å². The van der Waals surface area contributed by atoms with Crippen LogP contribution in [-0.2, 0) is 16.6 Å². The zero-order valence-corrected chi connectivity index (χ0v) is 17.2. The monoisotopic (exact) mass is 423 g/mol. The van der Waals surface area contributed by atoms with Crippen LogP contribution in [0.3, 0.4) is 0 Å². The summed E-state index contributed by atoms with van der Waals surface area (Å²) in [6.07, 6.45) is 2.41. The zero-order valence-electron chi connectivity index (χ0n) is 15.6. The number of rotatable bonds is 9. The zero-order chi connectivity index (χ0) is 19.3. The Bertz CT molecular complexity index is 887. The van der Waals surface area contributed by atoms with Gasteiger partial charge < -0.3 is 10.6 Å². The maximum absolute atomic E-state index is 13.0. The molecule has 1 fully saturated rings. The highest BCUT2D eigenvalue weighted by Gasteiger charge is 2.28. The van der Waals surface area contributed by atoms with Crippen molar-refractivity contribution in [3.05, 3.63) is 65.7 Å². The molecule has 152 valence electrons. The lowest BCUT2D eigenvalue weighted by Gasteiger charge is -2.23. The van der Waals surface area contributed by atoms with E-state index < -0.39 is 10.0 Å². The summed E-state index contributed by atoms with van der Waals surface area (Å²) in [4.78, 5) is 14.9. The van der Waals surface area contributed by atoms with E-state index in [-0.39, 0.29) is 29.3 Å². The van der Waals surface area contributed by atoms with Gasteiger partial charge in [-0.15, -0.1) is 12.4 Å². The molecule has 1 saturated carbocycles. The Morgan fingerprint density at radius 1 is 1.11 bits per heavy atom. The predicted octanol–water partition coefficient (Wildman–Crippen LogP) is 2.54. The van der Waals surface area contributed by atoms with Crippen LogP contribution in [0.25, 0.3) is 0 Å². The number of hydrogen-bond acceptors (Lipinski definition) is 4. The van der Waals surface area contributed by atoms with Crippen LogP contribution in [0.2, 0.25) is 0 Å². The van der Waals surface area contributed by atoms with Gasteiger partial charge in [0.15, 0.2) is 0 Å². The van der Waals surface area contributed by atoms with Crippen LogP contribution < -0.4 is 10.5 Å². The molecular formula is C20H26ClN3O3S. The van der Waals surface area contributed by atoms with Crippen LogP contribution in [0.4, 0.5) is 0 Å². The first-order valence-corrected chi connectivity index (χ1v) is 10.6. The molecule has 0 atom stereocenters. The van der Waals surface area contributed by atoms with E-state index in [1.54, 1.807) is 17.0 Å². The van der Waals surface area contributed by atoms with Crippen molar-refractivity contribution in [2.45, 2.75) is 36.7 Å². The van der Waals surface area contributed by atoms with E-state index in [1.165, 1.54) is 12.1 Å². The fraction of sp³-hybridized carbons (Fsp3) is 0.350. The van der Waals surface area contributed by atoms with Crippen LogP contribution in [0, 0.1) is 0 Å². The third kappa shape index (κ3) is 6.04. The van der Waals surface area contributed by atoms with Crippen LogP contribution >= 0.6 is 12.4 Å². The number of nitrogens with two attached hydrogens (primary N) is 1. The molecule has 0 unspecified atom stereocenters. The summed E-state index contributed by atoms with van der Waals surface area (Å²) in [5.41, 5.74) is 7.00. The number of sulfonamides is 1. The summed E-state index contributed by atoms with van der Waals surface area (Å²) < 4.78 is 27.5. The quantitative estimate of drug-likeness (QED) is 0.648. The molecule has 0 aliphatic heterocycles. The molecule has 0 aromatic heterocycles. The summed E-state index contributed by atoms with van der Waals surface area (Å²) >= 11 is 0. The lowest BCUT2D eigenvalue weighted by molar-refractivity contribution is 0.0742. The van der Waals surface area contributed by atoms with Gasteiger partial charge in [0.1, 0.15) is 0 Å². The van der Waals surface area contributed by atoms with Gasteiger partial charge in [0, 0.05) is 24.7 Å². The highest BCUT2D eigenvalue weighted by molar-refractivity contribution is 7.89. The van der Waals surface area contributed by atoms with Gasteiger partial charge in [0.2, 0.25) is 10.0 Å². The molecule has 0 heterocycles. The first kappa shape index (κ1) is 22.4. The number of nitrogens with one attached hydrogen (secondary N) is 1. The molecule has 2 aromatic rings. The average Bonchev–Trinajstić information content (AvgIpc) is 3.49. The van der Waals surface area contributed by atoms with Crippen molar-refractivity contribution in [1.29, 1.82) is 0 Å². The second-order valence-corrected chi connectivity index (χ2v) is 8.49. The van der Waals surface area contributed by atoms with E-state index in [0.29, 0.717) is 31.6 Å². The average molecular weight is 424 g/mol. The Morgan fingerprint density at radius 2 is 1.82 bits per heavy atom. The van der Waals surface area contributed by atoms with Crippen LogP contribution in [0.15, 0.2) is 59.5 Å². The topological polar surface area (TPSA) is 92.5 Å². The van der Waals surface area contributed by atoms with Gasteiger partial charge in [-0.25, -0.2) is 13.1 Å². The van der Waals surface area contributed by atoms with Gasteiger partial charge in [0.05, 0.1) is 4.90 Å². The molecule has 0 spiro atoms. The highest BCUT2D eigenvalue weighted by atomic mass is 35.5. The molecule has 2 aromatic carbocycles. The minimum Gasteiger partial charge on any atom is -0.334 e. The molecule has 1 amide bonds. The fourth-order valence-electron chi connectivity index (χ4n) is 2.81. The maximum Gasteiger partial charge on any atom is 0.254 e. The van der Waals surface area contributed by atoms with E-state index in [2.05, 4.69) is 4.72 Å². The van der Waals surface area contributed by atoms with Crippen LogP contribution in [-0.4, -0.2) is 38.4 Å². The molecule has 1 aliphatic rings. The second-order valence-electron chi connectivity index (χ2n) is 6.78. The van der Waals surface area contributed by atoms with E-state index in [4.69, 9.17) is 5.73 Å². The second kappa shape index (κ2) is 10.0. The standard InChI is InChI=1S/C20H25N3O3S.ClH/c21-12-5-13-23(15-16-6-2-1-3-7-16)20(24)17-8-4-9-19(14-17)27(25,26)22-18-10-11-18;/h1-4,6-9,14,18,22H,5,10-13,15,21H2;1H. The first-order valence-electron chi connectivity index (χ1n) is 9.15. The van der Waals surface area contributed by atoms with E-state index in [0.717, 1.165) is 18.4 Å². The summed E-state index contributed by atoms with van der Waals surface area (Å²) in [6.45, 7) is 1.46. The number of benzene rings is 2. The molecule has 3 N–H and O–H groups in total. The summed E-state index contributed by atoms with van der Waals surface area (Å²) in [6, 6.07) is 16.0. The molecule has 1 aliphatic carbocycles. The Labute approximate surface area is 172 Å². The number of hydrogen-bond donors (Lipinski definition) is 2. The minimum absolute atomic E-state index is 0. The smallest absolute Gasteiger partial charge is 0.254 e. The van der Waals surface area contributed by atoms with E-state index in [9.17, 15) is 13.2 Å². The van der Waals surface area contributed by atoms with Crippen LogP contribution in [0.1, 0.15) is 35.2 Å². The molecule has 0 bridgehead atoms. The predicted molar refractivity (Wildman–Crippen MR) is 112 cm³/mol. The molecule has 8 heteroatoms. The summed E-state index contributed by atoms with van der Waals surface area (Å²) in [5.74, 6) is -0.198. The fourth-order valence-corrected chi connectivity index (χ4v) is 4.16. The highest BCUT2D eigenvalue weighted by Crippen LogP contribution is 2.23. The van der Waals surface area contributed by atoms with Gasteiger partial charge in [0.25, 0.3) is 5.91 Å². The molecule has 0 radical (unpaired) electrons. The summed E-state index contributed by atoms with van der Waals surface area (Å²) in [7, 11) is -3.60. The molecule has 28 heavy (non-hydrogen) atoms. The number of amides is 1. The molecular weight excluding hydrogens is 398 g/mol. The van der Waals surface area contributed by atoms with Gasteiger partial charge in [-0.2, -0.15) is 0 Å². The normalized spacial score (nSPS) is 13.6. The lowest BCUT2D eigenvalue weighted by Crippen LogP contribution is -2.33. The Kier molecular flexibility index (Phi) is 8.00. The lowest BCUT2D eigenvalue weighted by atomic mass is 10.1. The van der Waals surface area contributed by atoms with Crippen molar-refractivity contribution in [2.24, 2.45) is 5.73 Å². The molecule has 6 nitrogen and oxygen atoms in total.